The average Bonchev–Trinajstić information content (AvgIpc) is 3.04. The molecule has 0 radical (unpaired) electrons. The topological polar surface area (TPSA) is 85.3 Å². The fourth-order valence-electron chi connectivity index (χ4n) is 3.80. The summed E-state index contributed by atoms with van der Waals surface area (Å²) in [6.45, 7) is 6.42. The van der Waals surface area contributed by atoms with Gasteiger partial charge in [-0.25, -0.2) is 0 Å². The van der Waals surface area contributed by atoms with Gasteiger partial charge < -0.3 is 24.2 Å². The fourth-order valence-corrected chi connectivity index (χ4v) is 4.01. The molecule has 0 bridgehead atoms. The molecule has 1 fully saturated rings. The van der Waals surface area contributed by atoms with Gasteiger partial charge in [-0.15, -0.1) is 0 Å². The highest BCUT2D eigenvalue weighted by Gasteiger charge is 2.47. The minimum atomic E-state index is -0.872. The van der Waals surface area contributed by atoms with Gasteiger partial charge in [0.25, 0.3) is 11.7 Å². The summed E-state index contributed by atoms with van der Waals surface area (Å²) in [5.41, 5.74) is 0.714. The average molecular weight is 474 g/mol. The number of aliphatic hydroxyl groups is 1. The summed E-state index contributed by atoms with van der Waals surface area (Å²) in [6, 6.07) is 11.0. The molecule has 0 aliphatic carbocycles. The minimum absolute atomic E-state index is 0.0355. The van der Waals surface area contributed by atoms with Crippen LogP contribution in [0.15, 0.2) is 48.0 Å². The molecule has 2 aromatic rings. The van der Waals surface area contributed by atoms with Gasteiger partial charge in [-0.05, 0) is 45.0 Å². The first-order valence-corrected chi connectivity index (χ1v) is 11.1. The summed E-state index contributed by atoms with van der Waals surface area (Å²) >= 11 is 6.36. The second kappa shape index (κ2) is 10.7. The van der Waals surface area contributed by atoms with Crippen LogP contribution in [-0.4, -0.2) is 54.7 Å². The number of amides is 1. The van der Waals surface area contributed by atoms with E-state index in [2.05, 4.69) is 0 Å². The third-order valence-electron chi connectivity index (χ3n) is 5.26. The second-order valence-corrected chi connectivity index (χ2v) is 8.14. The Labute approximate surface area is 198 Å². The molecule has 1 N–H and O–H groups in total. The van der Waals surface area contributed by atoms with Crippen molar-refractivity contribution in [3.05, 3.63) is 64.2 Å². The van der Waals surface area contributed by atoms with Crippen LogP contribution in [0.25, 0.3) is 5.76 Å². The molecular formula is C25H28ClNO6. The lowest BCUT2D eigenvalue weighted by Crippen LogP contribution is -2.33. The molecule has 1 saturated heterocycles. The highest BCUT2D eigenvalue weighted by Crippen LogP contribution is 2.43. The monoisotopic (exact) mass is 473 g/mol. The summed E-state index contributed by atoms with van der Waals surface area (Å²) in [7, 11) is 1.51. The van der Waals surface area contributed by atoms with Crippen LogP contribution in [0.1, 0.15) is 37.9 Å². The van der Waals surface area contributed by atoms with Gasteiger partial charge in [0.2, 0.25) is 0 Å². The van der Waals surface area contributed by atoms with Crippen molar-refractivity contribution in [3.8, 4) is 11.5 Å². The summed E-state index contributed by atoms with van der Waals surface area (Å²) in [5.74, 6) is -0.929. The molecule has 1 aliphatic heterocycles. The maximum Gasteiger partial charge on any atom is 0.295 e. The zero-order valence-electron chi connectivity index (χ0n) is 19.1. The van der Waals surface area contributed by atoms with Crippen molar-refractivity contribution in [2.45, 2.75) is 32.9 Å². The Morgan fingerprint density at radius 1 is 1.18 bits per heavy atom. The molecule has 2 aromatic carbocycles. The molecule has 0 aromatic heterocycles. The molecule has 1 aliphatic rings. The predicted molar refractivity (Wildman–Crippen MR) is 126 cm³/mol. The number of methoxy groups -OCH3 is 1. The number of ketones is 1. The number of nitrogens with zero attached hydrogens (tertiary/aromatic N) is 1. The zero-order valence-corrected chi connectivity index (χ0v) is 19.9. The zero-order chi connectivity index (χ0) is 24.1. The van der Waals surface area contributed by atoms with Gasteiger partial charge >= 0.3 is 0 Å². The van der Waals surface area contributed by atoms with Crippen LogP contribution in [0.4, 0.5) is 0 Å². The van der Waals surface area contributed by atoms with Crippen LogP contribution < -0.4 is 9.47 Å². The van der Waals surface area contributed by atoms with Gasteiger partial charge in [-0.1, -0.05) is 29.8 Å². The number of rotatable bonds is 9. The van der Waals surface area contributed by atoms with Crippen molar-refractivity contribution < 1.29 is 28.9 Å². The number of hydrogen-bond donors (Lipinski definition) is 1. The Kier molecular flexibility index (Phi) is 8.00. The fraction of sp³-hybridized carbons (Fsp3) is 0.360. The highest BCUT2D eigenvalue weighted by atomic mass is 35.5. The van der Waals surface area contributed by atoms with Crippen LogP contribution in [-0.2, 0) is 14.3 Å². The van der Waals surface area contributed by atoms with E-state index < -0.39 is 17.7 Å². The van der Waals surface area contributed by atoms with E-state index in [-0.39, 0.29) is 41.2 Å². The molecule has 7 nitrogen and oxygen atoms in total. The summed E-state index contributed by atoms with van der Waals surface area (Å²) < 4.78 is 16.6. The molecule has 0 saturated carbocycles. The first kappa shape index (κ1) is 24.6. The molecular weight excluding hydrogens is 446 g/mol. The number of benzene rings is 2. The number of ether oxygens (including phenoxy) is 3. The van der Waals surface area contributed by atoms with E-state index in [4.69, 9.17) is 25.8 Å². The smallest absolute Gasteiger partial charge is 0.295 e. The lowest BCUT2D eigenvalue weighted by molar-refractivity contribution is -0.140. The lowest BCUT2D eigenvalue weighted by Gasteiger charge is -2.27. The molecule has 8 heteroatoms. The van der Waals surface area contributed by atoms with Crippen molar-refractivity contribution in [2.75, 3.05) is 26.9 Å². The van der Waals surface area contributed by atoms with Crippen molar-refractivity contribution in [1.82, 2.24) is 4.90 Å². The van der Waals surface area contributed by atoms with Gasteiger partial charge in [0.1, 0.15) is 17.3 Å². The minimum Gasteiger partial charge on any atom is -0.507 e. The Bertz CT molecular complexity index is 1060. The molecule has 176 valence electrons. The Morgan fingerprint density at radius 3 is 2.58 bits per heavy atom. The summed E-state index contributed by atoms with van der Waals surface area (Å²) in [5, 5.41) is 11.5. The molecule has 1 heterocycles. The Hall–Kier alpha value is -3.03. The van der Waals surface area contributed by atoms with Crippen LogP contribution in [0.2, 0.25) is 5.02 Å². The second-order valence-electron chi connectivity index (χ2n) is 7.73. The maximum absolute atomic E-state index is 13.2. The van der Waals surface area contributed by atoms with Crippen LogP contribution >= 0.6 is 11.6 Å². The first-order valence-electron chi connectivity index (χ1n) is 10.8. The van der Waals surface area contributed by atoms with Crippen LogP contribution in [0.5, 0.6) is 11.5 Å². The number of likely N-dealkylation sites (tertiary alicyclic amines) is 1. The lowest BCUT2D eigenvalue weighted by atomic mass is 9.94. The number of carbonyl (C=O) groups is 2. The number of Topliss-reactive ketones (excluding diaryl/α,β-unsaturated/α-hetero) is 1. The molecule has 3 rings (SSSR count). The standard InChI is InChI=1S/C25H28ClNO6/c1-5-32-16-10-11-19(26)18(14-16)23(28)21-22(17-8-6-7-9-20(17)31-4)27(25(30)24(21)29)12-13-33-15(2)3/h6-11,14-15,22,28H,5,12-13H2,1-4H3/b23-21+. The van der Waals surface area contributed by atoms with E-state index >= 15 is 0 Å². The molecule has 1 amide bonds. The van der Waals surface area contributed by atoms with Gasteiger partial charge in [0, 0.05) is 17.7 Å². The van der Waals surface area contributed by atoms with Crippen molar-refractivity contribution >= 4 is 29.1 Å². The molecule has 33 heavy (non-hydrogen) atoms. The number of aliphatic hydroxyl groups excluding tert-OH is 1. The molecule has 1 atom stereocenters. The third kappa shape index (κ3) is 5.15. The van der Waals surface area contributed by atoms with Crippen LogP contribution in [0, 0.1) is 0 Å². The van der Waals surface area contributed by atoms with E-state index in [1.165, 1.54) is 12.0 Å². The Morgan fingerprint density at radius 2 is 1.91 bits per heavy atom. The number of carbonyl (C=O) groups excluding carboxylic acids is 2. The maximum atomic E-state index is 13.2. The predicted octanol–water partition coefficient (Wildman–Crippen LogP) is 4.59. The molecule has 0 spiro atoms. The summed E-state index contributed by atoms with van der Waals surface area (Å²) in [6.07, 6.45) is -0.0355. The van der Waals surface area contributed by atoms with E-state index in [0.29, 0.717) is 23.7 Å². The van der Waals surface area contributed by atoms with E-state index in [9.17, 15) is 14.7 Å². The number of hydrogen-bond acceptors (Lipinski definition) is 6. The molecule has 1 unspecified atom stereocenters. The van der Waals surface area contributed by atoms with E-state index in [1.54, 1.807) is 42.5 Å². The number of para-hydroxylation sites is 1. The highest BCUT2D eigenvalue weighted by molar-refractivity contribution is 6.47. The largest absolute Gasteiger partial charge is 0.507 e. The SMILES string of the molecule is CCOc1ccc(Cl)c(/C(O)=C2\C(=O)C(=O)N(CCOC(C)C)C2c2ccccc2OC)c1. The number of halogens is 1. The van der Waals surface area contributed by atoms with Gasteiger partial charge in [0.15, 0.2) is 0 Å². The van der Waals surface area contributed by atoms with E-state index in [0.717, 1.165) is 0 Å². The van der Waals surface area contributed by atoms with Gasteiger partial charge in [0.05, 0.1) is 43.1 Å². The van der Waals surface area contributed by atoms with Crippen molar-refractivity contribution in [1.29, 1.82) is 0 Å². The van der Waals surface area contributed by atoms with Gasteiger partial charge in [-0.2, -0.15) is 0 Å². The first-order chi connectivity index (χ1) is 15.8. The third-order valence-corrected chi connectivity index (χ3v) is 5.59. The van der Waals surface area contributed by atoms with Crippen molar-refractivity contribution in [2.24, 2.45) is 0 Å². The quantitative estimate of drug-likeness (QED) is 0.325. The summed E-state index contributed by atoms with van der Waals surface area (Å²) in [4.78, 5) is 27.6. The normalized spacial score (nSPS) is 17.6. The Balaban J connectivity index is 2.18. The van der Waals surface area contributed by atoms with Gasteiger partial charge in [-0.3, -0.25) is 9.59 Å². The van der Waals surface area contributed by atoms with Crippen molar-refractivity contribution in [3.63, 3.8) is 0 Å². The van der Waals surface area contributed by atoms with E-state index in [1.807, 2.05) is 20.8 Å². The van der Waals surface area contributed by atoms with Crippen LogP contribution in [0.3, 0.4) is 0 Å².